The third-order valence-electron chi connectivity index (χ3n) is 6.06. The third kappa shape index (κ3) is 4.07. The molecule has 8 nitrogen and oxygen atoms in total. The number of nitrogens with zero attached hydrogens (tertiary/aromatic N) is 5. The maximum absolute atomic E-state index is 13.1. The van der Waals surface area contributed by atoms with Crippen LogP contribution < -0.4 is 14.4 Å². The predicted molar refractivity (Wildman–Crippen MR) is 134 cm³/mol. The van der Waals surface area contributed by atoms with Crippen molar-refractivity contribution < 1.29 is 14.3 Å². The van der Waals surface area contributed by atoms with Crippen molar-refractivity contribution in [3.8, 4) is 17.2 Å². The molecule has 0 aliphatic carbocycles. The first-order valence-corrected chi connectivity index (χ1v) is 12.0. The molecule has 9 heteroatoms. The van der Waals surface area contributed by atoms with Crippen molar-refractivity contribution in [3.05, 3.63) is 59.3 Å². The highest BCUT2D eigenvalue weighted by Gasteiger charge is 2.26. The summed E-state index contributed by atoms with van der Waals surface area (Å²) in [6, 6.07) is 13.6. The average Bonchev–Trinajstić information content (AvgIpc) is 3.43. The van der Waals surface area contributed by atoms with Crippen molar-refractivity contribution >= 4 is 32.7 Å². The first kappa shape index (κ1) is 22.2. The Balaban J connectivity index is 1.34. The van der Waals surface area contributed by atoms with E-state index in [9.17, 15) is 4.79 Å². The van der Waals surface area contributed by atoms with Gasteiger partial charge in [-0.05, 0) is 43.7 Å². The van der Waals surface area contributed by atoms with Gasteiger partial charge in [-0.1, -0.05) is 23.5 Å². The van der Waals surface area contributed by atoms with Crippen molar-refractivity contribution in [2.45, 2.75) is 13.8 Å². The fourth-order valence-electron chi connectivity index (χ4n) is 4.21. The number of rotatable bonds is 5. The minimum Gasteiger partial charge on any atom is -0.497 e. The highest BCUT2D eigenvalue weighted by Crippen LogP contribution is 2.33. The van der Waals surface area contributed by atoms with Crippen LogP contribution in [0.4, 0.5) is 5.13 Å². The minimum atomic E-state index is -0.0212. The molecule has 0 unspecified atom stereocenters. The van der Waals surface area contributed by atoms with E-state index < -0.39 is 0 Å². The fourth-order valence-corrected chi connectivity index (χ4v) is 5.25. The molecule has 176 valence electrons. The summed E-state index contributed by atoms with van der Waals surface area (Å²) in [7, 11) is 3.17. The van der Waals surface area contributed by atoms with E-state index in [2.05, 4.69) is 30.0 Å². The second-order valence-corrected chi connectivity index (χ2v) is 9.34. The van der Waals surface area contributed by atoms with Crippen LogP contribution in [0.5, 0.6) is 11.5 Å². The zero-order valence-electron chi connectivity index (χ0n) is 19.7. The van der Waals surface area contributed by atoms with E-state index in [1.807, 2.05) is 22.6 Å². The van der Waals surface area contributed by atoms with Crippen molar-refractivity contribution in [2.24, 2.45) is 0 Å². The molecule has 1 amide bonds. The summed E-state index contributed by atoms with van der Waals surface area (Å²) < 4.78 is 13.7. The average molecular weight is 478 g/mol. The van der Waals surface area contributed by atoms with E-state index in [0.717, 1.165) is 39.9 Å². The maximum atomic E-state index is 13.1. The molecule has 0 spiro atoms. The van der Waals surface area contributed by atoms with E-state index in [4.69, 9.17) is 19.6 Å². The van der Waals surface area contributed by atoms with Crippen LogP contribution in [0.25, 0.3) is 16.0 Å². The van der Waals surface area contributed by atoms with Gasteiger partial charge in [-0.15, -0.1) is 0 Å². The van der Waals surface area contributed by atoms with Gasteiger partial charge in [0.15, 0.2) is 10.8 Å². The SMILES string of the molecule is COc1cc(OC)cc(C(=O)N2CCN(c3nc4c(s3)c(C)nn4-c3cccc(C)c3)CC2)c1. The number of aryl methyl sites for hydroxylation is 2. The van der Waals surface area contributed by atoms with Gasteiger partial charge in [0.25, 0.3) is 5.91 Å². The number of methoxy groups -OCH3 is 2. The van der Waals surface area contributed by atoms with Gasteiger partial charge < -0.3 is 19.3 Å². The van der Waals surface area contributed by atoms with Crippen LogP contribution in [0.15, 0.2) is 42.5 Å². The quantitative estimate of drug-likeness (QED) is 0.431. The fraction of sp³-hybridized carbons (Fsp3) is 0.320. The van der Waals surface area contributed by atoms with Gasteiger partial charge in [0.1, 0.15) is 11.5 Å². The normalized spacial score (nSPS) is 14.0. The van der Waals surface area contributed by atoms with Crippen molar-refractivity contribution in [2.75, 3.05) is 45.3 Å². The van der Waals surface area contributed by atoms with E-state index in [1.54, 1.807) is 43.8 Å². The summed E-state index contributed by atoms with van der Waals surface area (Å²) in [5.41, 5.74) is 4.62. The van der Waals surface area contributed by atoms with Crippen LogP contribution >= 0.6 is 11.3 Å². The number of carbonyl (C=O) groups excluding carboxylic acids is 1. The highest BCUT2D eigenvalue weighted by molar-refractivity contribution is 7.22. The number of fused-ring (bicyclic) bond motifs is 1. The Morgan fingerprint density at radius 2 is 1.68 bits per heavy atom. The Morgan fingerprint density at radius 3 is 2.32 bits per heavy atom. The Morgan fingerprint density at radius 1 is 0.971 bits per heavy atom. The number of hydrogen-bond acceptors (Lipinski definition) is 7. The smallest absolute Gasteiger partial charge is 0.254 e. The molecule has 3 heterocycles. The lowest BCUT2D eigenvalue weighted by molar-refractivity contribution is 0.0746. The topological polar surface area (TPSA) is 72.7 Å². The monoisotopic (exact) mass is 477 g/mol. The summed E-state index contributed by atoms with van der Waals surface area (Å²) in [6.07, 6.45) is 0. The van der Waals surface area contributed by atoms with Crippen LogP contribution in [-0.2, 0) is 0 Å². The van der Waals surface area contributed by atoms with Crippen LogP contribution in [0.1, 0.15) is 21.6 Å². The van der Waals surface area contributed by atoms with E-state index in [0.29, 0.717) is 30.2 Å². The lowest BCUT2D eigenvalue weighted by Crippen LogP contribution is -2.48. The van der Waals surface area contributed by atoms with Gasteiger partial charge in [-0.3, -0.25) is 4.79 Å². The minimum absolute atomic E-state index is 0.0212. The van der Waals surface area contributed by atoms with Gasteiger partial charge in [0.2, 0.25) is 0 Å². The molecular weight excluding hydrogens is 450 g/mol. The van der Waals surface area contributed by atoms with Crippen LogP contribution in [0, 0.1) is 13.8 Å². The Labute approximate surface area is 202 Å². The lowest BCUT2D eigenvalue weighted by Gasteiger charge is -2.34. The van der Waals surface area contributed by atoms with Gasteiger partial charge in [0.05, 0.1) is 30.3 Å². The van der Waals surface area contributed by atoms with Gasteiger partial charge >= 0.3 is 0 Å². The second kappa shape index (κ2) is 8.98. The molecule has 34 heavy (non-hydrogen) atoms. The summed E-state index contributed by atoms with van der Waals surface area (Å²) in [4.78, 5) is 22.2. The number of aromatic nitrogens is 3. The number of hydrogen-bond donors (Lipinski definition) is 0. The van der Waals surface area contributed by atoms with E-state index >= 15 is 0 Å². The van der Waals surface area contributed by atoms with E-state index in [-0.39, 0.29) is 5.91 Å². The Hall–Kier alpha value is -3.59. The molecular formula is C25H27N5O3S. The molecule has 1 fully saturated rings. The molecule has 0 atom stereocenters. The van der Waals surface area contributed by atoms with Gasteiger partial charge in [-0.25, -0.2) is 4.68 Å². The Kier molecular flexibility index (Phi) is 5.87. The number of carbonyl (C=O) groups is 1. The molecule has 0 bridgehead atoms. The highest BCUT2D eigenvalue weighted by atomic mass is 32.1. The molecule has 2 aromatic carbocycles. The number of anilines is 1. The van der Waals surface area contributed by atoms with Gasteiger partial charge in [-0.2, -0.15) is 10.1 Å². The molecule has 1 aliphatic rings. The summed E-state index contributed by atoms with van der Waals surface area (Å²) in [6.45, 7) is 6.79. The van der Waals surface area contributed by atoms with Crippen LogP contribution in [0.2, 0.25) is 0 Å². The van der Waals surface area contributed by atoms with Crippen LogP contribution in [-0.4, -0.2) is 66.0 Å². The number of benzene rings is 2. The number of thiazole rings is 1. The van der Waals surface area contributed by atoms with Gasteiger partial charge in [0, 0.05) is 37.8 Å². The van der Waals surface area contributed by atoms with Crippen molar-refractivity contribution in [1.29, 1.82) is 0 Å². The predicted octanol–water partition coefficient (Wildman–Crippen LogP) is 4.08. The third-order valence-corrected chi connectivity index (χ3v) is 7.27. The number of piperazine rings is 1. The summed E-state index contributed by atoms with van der Waals surface area (Å²) in [5, 5.41) is 5.68. The number of amides is 1. The lowest BCUT2D eigenvalue weighted by atomic mass is 10.1. The molecule has 4 aromatic rings. The standard InChI is InChI=1S/C25H27N5O3S/c1-16-6-5-7-19(12-16)30-23-22(17(2)27-30)34-25(26-23)29-10-8-28(9-11-29)24(31)18-13-20(32-3)15-21(14-18)33-4/h5-7,12-15H,8-11H2,1-4H3. The molecule has 0 radical (unpaired) electrons. The second-order valence-electron chi connectivity index (χ2n) is 8.37. The zero-order chi connectivity index (χ0) is 23.8. The van der Waals surface area contributed by atoms with Crippen LogP contribution in [0.3, 0.4) is 0 Å². The zero-order valence-corrected chi connectivity index (χ0v) is 20.6. The molecule has 2 aromatic heterocycles. The largest absolute Gasteiger partial charge is 0.497 e. The first-order valence-electron chi connectivity index (χ1n) is 11.2. The van der Waals surface area contributed by atoms with E-state index in [1.165, 1.54) is 5.56 Å². The molecule has 1 aliphatic heterocycles. The van der Waals surface area contributed by atoms with Crippen molar-refractivity contribution in [3.63, 3.8) is 0 Å². The first-order chi connectivity index (χ1) is 16.5. The Bertz CT molecular complexity index is 1330. The summed E-state index contributed by atoms with van der Waals surface area (Å²) in [5.74, 6) is 1.19. The maximum Gasteiger partial charge on any atom is 0.254 e. The molecule has 5 rings (SSSR count). The molecule has 1 saturated heterocycles. The summed E-state index contributed by atoms with van der Waals surface area (Å²) >= 11 is 1.66. The molecule has 0 saturated carbocycles. The number of ether oxygens (including phenoxy) is 2. The van der Waals surface area contributed by atoms with Crippen molar-refractivity contribution in [1.82, 2.24) is 19.7 Å². The molecule has 0 N–H and O–H groups in total.